The van der Waals surface area contributed by atoms with Gasteiger partial charge in [0.05, 0.1) is 12.0 Å². The third-order valence-corrected chi connectivity index (χ3v) is 4.31. The number of hydrogen-bond donors (Lipinski definition) is 1. The lowest BCUT2D eigenvalue weighted by molar-refractivity contribution is -0.185. The first-order chi connectivity index (χ1) is 9.55. The molecule has 2 aliphatic heterocycles. The highest BCUT2D eigenvalue weighted by molar-refractivity contribution is 4.77. The number of piperidine rings is 2. The van der Waals surface area contributed by atoms with Crippen molar-refractivity contribution in [2.24, 2.45) is 5.92 Å². The van der Waals surface area contributed by atoms with Crippen LogP contribution in [0.25, 0.3) is 0 Å². The molecule has 0 aromatic rings. The van der Waals surface area contributed by atoms with Gasteiger partial charge in [-0.05, 0) is 58.3 Å². The summed E-state index contributed by atoms with van der Waals surface area (Å²) >= 11 is 0. The fourth-order valence-corrected chi connectivity index (χ4v) is 2.98. The van der Waals surface area contributed by atoms with Crippen LogP contribution in [0.3, 0.4) is 0 Å². The Hall–Kier alpha value is -0.330. The first-order valence-electron chi connectivity index (χ1n) is 7.67. The highest BCUT2D eigenvalue weighted by atomic mass is 19.4. The number of nitrogens with one attached hydrogen (secondary N) is 1. The lowest BCUT2D eigenvalue weighted by atomic mass is 9.96. The number of nitrogens with zero attached hydrogens (tertiary/aromatic N) is 1. The number of hydrogen-bond acceptors (Lipinski definition) is 3. The average molecular weight is 294 g/mol. The molecule has 0 unspecified atom stereocenters. The maximum Gasteiger partial charge on any atom is 0.391 e. The molecule has 2 aliphatic rings. The molecule has 0 bridgehead atoms. The smallest absolute Gasteiger partial charge is 0.378 e. The molecule has 2 heterocycles. The highest BCUT2D eigenvalue weighted by Gasteiger charge is 2.40. The number of alkyl halides is 3. The van der Waals surface area contributed by atoms with Crippen molar-refractivity contribution in [3.63, 3.8) is 0 Å². The van der Waals surface area contributed by atoms with Gasteiger partial charge in [-0.2, -0.15) is 13.2 Å². The number of rotatable bonds is 5. The Morgan fingerprint density at radius 1 is 1.05 bits per heavy atom. The number of halogens is 3. The van der Waals surface area contributed by atoms with E-state index in [0.717, 1.165) is 45.5 Å². The SMILES string of the molecule is FC(F)(F)C1CCN(CCCOC2CCNCC2)CC1. The first kappa shape index (κ1) is 16.0. The zero-order valence-corrected chi connectivity index (χ0v) is 11.9. The lowest BCUT2D eigenvalue weighted by Gasteiger charge is -2.33. The van der Waals surface area contributed by atoms with Gasteiger partial charge in [0, 0.05) is 13.2 Å². The summed E-state index contributed by atoms with van der Waals surface area (Å²) in [6.45, 7) is 4.76. The summed E-state index contributed by atoms with van der Waals surface area (Å²) in [7, 11) is 0. The third kappa shape index (κ3) is 5.22. The topological polar surface area (TPSA) is 24.5 Å². The molecule has 0 aliphatic carbocycles. The summed E-state index contributed by atoms with van der Waals surface area (Å²) in [5, 5.41) is 3.29. The van der Waals surface area contributed by atoms with Crippen LogP contribution in [0.5, 0.6) is 0 Å². The van der Waals surface area contributed by atoms with E-state index >= 15 is 0 Å². The number of likely N-dealkylation sites (tertiary alicyclic amines) is 1. The van der Waals surface area contributed by atoms with E-state index in [-0.39, 0.29) is 12.8 Å². The lowest BCUT2D eigenvalue weighted by Crippen LogP contribution is -2.39. The van der Waals surface area contributed by atoms with Crippen LogP contribution in [0, 0.1) is 5.92 Å². The van der Waals surface area contributed by atoms with E-state index in [1.54, 1.807) is 0 Å². The third-order valence-electron chi connectivity index (χ3n) is 4.31. The van der Waals surface area contributed by atoms with Crippen molar-refractivity contribution in [3.05, 3.63) is 0 Å². The van der Waals surface area contributed by atoms with E-state index in [9.17, 15) is 13.2 Å². The van der Waals surface area contributed by atoms with Crippen molar-refractivity contribution >= 4 is 0 Å². The van der Waals surface area contributed by atoms with Crippen molar-refractivity contribution in [2.45, 2.75) is 44.4 Å². The van der Waals surface area contributed by atoms with Crippen LogP contribution in [0.4, 0.5) is 13.2 Å². The minimum absolute atomic E-state index is 0.249. The van der Waals surface area contributed by atoms with Crippen molar-refractivity contribution in [1.29, 1.82) is 0 Å². The van der Waals surface area contributed by atoms with E-state index in [4.69, 9.17) is 4.74 Å². The molecule has 1 N–H and O–H groups in total. The van der Waals surface area contributed by atoms with Crippen LogP contribution in [0.15, 0.2) is 0 Å². The first-order valence-corrected chi connectivity index (χ1v) is 7.67. The number of ether oxygens (including phenoxy) is 1. The highest BCUT2D eigenvalue weighted by Crippen LogP contribution is 2.33. The summed E-state index contributed by atoms with van der Waals surface area (Å²) in [5.41, 5.74) is 0. The molecule has 3 nitrogen and oxygen atoms in total. The summed E-state index contributed by atoms with van der Waals surface area (Å²) in [6, 6.07) is 0. The van der Waals surface area contributed by atoms with Crippen LogP contribution >= 0.6 is 0 Å². The van der Waals surface area contributed by atoms with Gasteiger partial charge in [-0.3, -0.25) is 0 Å². The minimum atomic E-state index is -4.01. The molecule has 0 amide bonds. The Labute approximate surface area is 118 Å². The standard InChI is InChI=1S/C14H25F3N2O/c15-14(16,17)12-4-9-19(10-5-12)8-1-11-20-13-2-6-18-7-3-13/h12-13,18H,1-11H2. The van der Waals surface area contributed by atoms with Crippen molar-refractivity contribution in [2.75, 3.05) is 39.3 Å². The fraction of sp³-hybridized carbons (Fsp3) is 1.00. The van der Waals surface area contributed by atoms with Gasteiger partial charge in [-0.15, -0.1) is 0 Å². The van der Waals surface area contributed by atoms with Gasteiger partial charge in [0.1, 0.15) is 0 Å². The van der Waals surface area contributed by atoms with E-state index in [1.165, 1.54) is 0 Å². The molecule has 2 saturated heterocycles. The molecule has 0 atom stereocenters. The van der Waals surface area contributed by atoms with Gasteiger partial charge in [-0.25, -0.2) is 0 Å². The maximum atomic E-state index is 12.5. The second-order valence-corrected chi connectivity index (χ2v) is 5.83. The Bertz CT molecular complexity index is 272. The minimum Gasteiger partial charge on any atom is -0.378 e. The van der Waals surface area contributed by atoms with Crippen molar-refractivity contribution in [1.82, 2.24) is 10.2 Å². The van der Waals surface area contributed by atoms with Crippen LogP contribution in [0.2, 0.25) is 0 Å². The fourth-order valence-electron chi connectivity index (χ4n) is 2.98. The van der Waals surface area contributed by atoms with Crippen LogP contribution in [0.1, 0.15) is 32.1 Å². The molecular weight excluding hydrogens is 269 g/mol. The summed E-state index contributed by atoms with van der Waals surface area (Å²) < 4.78 is 43.4. The molecule has 0 radical (unpaired) electrons. The monoisotopic (exact) mass is 294 g/mol. The molecule has 0 aromatic carbocycles. The maximum absolute atomic E-state index is 12.5. The van der Waals surface area contributed by atoms with Crippen LogP contribution in [-0.2, 0) is 4.74 Å². The van der Waals surface area contributed by atoms with E-state index in [2.05, 4.69) is 10.2 Å². The van der Waals surface area contributed by atoms with Crippen molar-refractivity contribution < 1.29 is 17.9 Å². The molecule has 20 heavy (non-hydrogen) atoms. The van der Waals surface area contributed by atoms with E-state index in [0.29, 0.717) is 19.2 Å². The van der Waals surface area contributed by atoms with Crippen LogP contribution < -0.4 is 5.32 Å². The molecule has 2 fully saturated rings. The molecule has 6 heteroatoms. The zero-order chi connectivity index (χ0) is 14.4. The molecular formula is C14H25F3N2O. The molecule has 118 valence electrons. The summed E-state index contributed by atoms with van der Waals surface area (Å²) in [6.07, 6.45) is -0.0944. The Kier molecular flexibility index (Phi) is 6.11. The predicted molar refractivity (Wildman–Crippen MR) is 71.7 cm³/mol. The normalized spacial score (nSPS) is 24.1. The van der Waals surface area contributed by atoms with Gasteiger partial charge in [0.2, 0.25) is 0 Å². The molecule has 0 aromatic heterocycles. The molecule has 0 spiro atoms. The molecule has 2 rings (SSSR count). The second-order valence-electron chi connectivity index (χ2n) is 5.83. The van der Waals surface area contributed by atoms with Gasteiger partial charge >= 0.3 is 6.18 Å². The van der Waals surface area contributed by atoms with E-state index < -0.39 is 12.1 Å². The second kappa shape index (κ2) is 7.61. The van der Waals surface area contributed by atoms with Gasteiger partial charge < -0.3 is 15.0 Å². The Morgan fingerprint density at radius 2 is 1.70 bits per heavy atom. The zero-order valence-electron chi connectivity index (χ0n) is 11.9. The van der Waals surface area contributed by atoms with Crippen molar-refractivity contribution in [3.8, 4) is 0 Å². The quantitative estimate of drug-likeness (QED) is 0.788. The Morgan fingerprint density at radius 3 is 2.30 bits per heavy atom. The summed E-state index contributed by atoms with van der Waals surface area (Å²) in [4.78, 5) is 2.13. The largest absolute Gasteiger partial charge is 0.391 e. The van der Waals surface area contributed by atoms with E-state index in [1.807, 2.05) is 0 Å². The van der Waals surface area contributed by atoms with Crippen LogP contribution in [-0.4, -0.2) is 56.5 Å². The average Bonchev–Trinajstić information content (AvgIpc) is 2.44. The predicted octanol–water partition coefficient (Wildman–Crippen LogP) is 2.42. The van der Waals surface area contributed by atoms with Gasteiger partial charge in [0.15, 0.2) is 0 Å². The Balaban J connectivity index is 1.53. The summed E-state index contributed by atoms with van der Waals surface area (Å²) in [5.74, 6) is -1.09. The van der Waals surface area contributed by atoms with Gasteiger partial charge in [-0.1, -0.05) is 0 Å². The van der Waals surface area contributed by atoms with Gasteiger partial charge in [0.25, 0.3) is 0 Å². The molecule has 0 saturated carbocycles.